The van der Waals surface area contributed by atoms with E-state index in [1.54, 1.807) is 27.1 Å². The lowest BCUT2D eigenvalue weighted by molar-refractivity contribution is 0.0634. The Balaban J connectivity index is 1.92. The number of amides is 1. The molecule has 0 radical (unpaired) electrons. The number of anilines is 1. The number of ether oxygens (including phenoxy) is 1. The third-order valence-electron chi connectivity index (χ3n) is 4.29. The second kappa shape index (κ2) is 6.85. The maximum absolute atomic E-state index is 12.0. The molecule has 1 aliphatic rings. The van der Waals surface area contributed by atoms with Crippen molar-refractivity contribution in [1.82, 2.24) is 19.5 Å². The summed E-state index contributed by atoms with van der Waals surface area (Å²) < 4.78 is 7.08. The predicted molar refractivity (Wildman–Crippen MR) is 98.2 cm³/mol. The Labute approximate surface area is 156 Å². The van der Waals surface area contributed by atoms with E-state index >= 15 is 0 Å². The first kappa shape index (κ1) is 18.6. The summed E-state index contributed by atoms with van der Waals surface area (Å²) in [5.74, 6) is 0.106. The van der Waals surface area contributed by atoms with Gasteiger partial charge in [0, 0.05) is 12.5 Å². The third-order valence-corrected chi connectivity index (χ3v) is 4.55. The summed E-state index contributed by atoms with van der Waals surface area (Å²) in [5, 5.41) is 12.1. The second-order valence-corrected chi connectivity index (χ2v) is 7.69. The number of aliphatic hydroxyl groups is 1. The standard InChI is InChI=1S/C17H22ClN5O3/c1-9-10(7-24)5-6-11(9)23-8-19-12-13(18)20-15(21-14(12)23)22-16(25)26-17(2,3)4/h8,10-11,24H,1,5-7H2,2-4H3,(H,20,21,22,25)/t10-,11-/m0/s1. The fraction of sp³-hybridized carbons (Fsp3) is 0.529. The van der Waals surface area contributed by atoms with Gasteiger partial charge in [0.2, 0.25) is 5.95 Å². The first-order valence-electron chi connectivity index (χ1n) is 8.39. The van der Waals surface area contributed by atoms with Crippen molar-refractivity contribution in [2.24, 2.45) is 5.92 Å². The van der Waals surface area contributed by atoms with Gasteiger partial charge in [-0.15, -0.1) is 0 Å². The average Bonchev–Trinajstić information content (AvgIpc) is 3.08. The lowest BCUT2D eigenvalue weighted by Crippen LogP contribution is -2.27. The van der Waals surface area contributed by atoms with Gasteiger partial charge in [-0.1, -0.05) is 18.2 Å². The topological polar surface area (TPSA) is 102 Å². The number of fused-ring (bicyclic) bond motifs is 1. The number of hydrogen-bond donors (Lipinski definition) is 2. The third kappa shape index (κ3) is 3.66. The highest BCUT2D eigenvalue weighted by Crippen LogP contribution is 2.40. The number of aromatic nitrogens is 4. The molecule has 1 fully saturated rings. The number of halogens is 1. The fourth-order valence-electron chi connectivity index (χ4n) is 3.09. The molecule has 2 N–H and O–H groups in total. The predicted octanol–water partition coefficient (Wildman–Crippen LogP) is 3.33. The summed E-state index contributed by atoms with van der Waals surface area (Å²) in [4.78, 5) is 24.7. The largest absolute Gasteiger partial charge is 0.444 e. The molecule has 0 saturated heterocycles. The number of carbonyl (C=O) groups is 1. The highest BCUT2D eigenvalue weighted by atomic mass is 35.5. The summed E-state index contributed by atoms with van der Waals surface area (Å²) in [6.45, 7) is 9.48. The first-order chi connectivity index (χ1) is 12.2. The molecule has 0 bridgehead atoms. The first-order valence-corrected chi connectivity index (χ1v) is 8.77. The monoisotopic (exact) mass is 379 g/mol. The molecule has 140 valence electrons. The molecule has 1 saturated carbocycles. The van der Waals surface area contributed by atoms with Crippen LogP contribution in [0.15, 0.2) is 18.5 Å². The van der Waals surface area contributed by atoms with Crippen LogP contribution >= 0.6 is 11.6 Å². The van der Waals surface area contributed by atoms with Crippen molar-refractivity contribution in [3.63, 3.8) is 0 Å². The van der Waals surface area contributed by atoms with Crippen molar-refractivity contribution >= 4 is 34.8 Å². The van der Waals surface area contributed by atoms with Crippen LogP contribution in [0, 0.1) is 5.92 Å². The Bertz CT molecular complexity index is 858. The zero-order chi connectivity index (χ0) is 19.1. The smallest absolute Gasteiger partial charge is 0.414 e. The average molecular weight is 380 g/mol. The molecule has 0 spiro atoms. The maximum Gasteiger partial charge on any atom is 0.414 e. The summed E-state index contributed by atoms with van der Waals surface area (Å²) in [6.07, 6.45) is 2.65. The van der Waals surface area contributed by atoms with Crippen LogP contribution in [-0.2, 0) is 4.74 Å². The number of aliphatic hydroxyl groups excluding tert-OH is 1. The molecule has 26 heavy (non-hydrogen) atoms. The number of imidazole rings is 1. The minimum atomic E-state index is -0.662. The molecule has 9 heteroatoms. The highest BCUT2D eigenvalue weighted by Gasteiger charge is 2.31. The Kier molecular flexibility index (Phi) is 4.90. The van der Waals surface area contributed by atoms with Crippen molar-refractivity contribution in [3.8, 4) is 0 Å². The van der Waals surface area contributed by atoms with E-state index in [-0.39, 0.29) is 29.7 Å². The second-order valence-electron chi connectivity index (χ2n) is 7.34. The molecule has 0 aliphatic heterocycles. The number of rotatable bonds is 3. The van der Waals surface area contributed by atoms with Crippen LogP contribution in [-0.4, -0.2) is 42.9 Å². The van der Waals surface area contributed by atoms with Crippen molar-refractivity contribution in [1.29, 1.82) is 0 Å². The summed E-state index contributed by atoms with van der Waals surface area (Å²) in [6, 6.07) is -0.0301. The van der Waals surface area contributed by atoms with Crippen LogP contribution < -0.4 is 5.32 Å². The Hall–Kier alpha value is -2.19. The molecule has 1 aliphatic carbocycles. The van der Waals surface area contributed by atoms with Crippen LogP contribution in [0.5, 0.6) is 0 Å². The van der Waals surface area contributed by atoms with E-state index in [2.05, 4.69) is 26.8 Å². The molecule has 2 heterocycles. The van der Waals surface area contributed by atoms with Gasteiger partial charge in [0.15, 0.2) is 10.8 Å². The zero-order valence-electron chi connectivity index (χ0n) is 15.0. The number of nitrogens with one attached hydrogen (secondary N) is 1. The Morgan fingerprint density at radius 1 is 1.46 bits per heavy atom. The van der Waals surface area contributed by atoms with Gasteiger partial charge >= 0.3 is 6.09 Å². The van der Waals surface area contributed by atoms with E-state index < -0.39 is 11.7 Å². The molecule has 2 aromatic heterocycles. The number of nitrogens with zero attached hydrogens (tertiary/aromatic N) is 4. The van der Waals surface area contributed by atoms with Gasteiger partial charge in [-0.25, -0.2) is 9.78 Å². The quantitative estimate of drug-likeness (QED) is 0.626. The van der Waals surface area contributed by atoms with Gasteiger partial charge in [0.05, 0.1) is 12.4 Å². The molecule has 3 rings (SSSR count). The van der Waals surface area contributed by atoms with E-state index in [4.69, 9.17) is 16.3 Å². The van der Waals surface area contributed by atoms with Gasteiger partial charge in [0.25, 0.3) is 0 Å². The molecular formula is C17H22ClN5O3. The lowest BCUT2D eigenvalue weighted by atomic mass is 10.0. The molecule has 8 nitrogen and oxygen atoms in total. The number of carbonyl (C=O) groups excluding carboxylic acids is 1. The van der Waals surface area contributed by atoms with Crippen LogP contribution in [0.4, 0.5) is 10.7 Å². The summed E-state index contributed by atoms with van der Waals surface area (Å²) in [7, 11) is 0. The molecular weight excluding hydrogens is 358 g/mol. The lowest BCUT2D eigenvalue weighted by Gasteiger charge is -2.19. The van der Waals surface area contributed by atoms with E-state index in [1.165, 1.54) is 0 Å². The van der Waals surface area contributed by atoms with E-state index in [1.807, 2.05) is 4.57 Å². The summed E-state index contributed by atoms with van der Waals surface area (Å²) >= 11 is 6.21. The zero-order valence-corrected chi connectivity index (χ0v) is 15.7. The van der Waals surface area contributed by atoms with Crippen molar-refractivity contribution in [2.75, 3.05) is 11.9 Å². The molecule has 2 atom stereocenters. The number of hydrogen-bond acceptors (Lipinski definition) is 6. The van der Waals surface area contributed by atoms with Crippen LogP contribution in [0.3, 0.4) is 0 Å². The van der Waals surface area contributed by atoms with Gasteiger partial charge in [-0.3, -0.25) is 5.32 Å². The van der Waals surface area contributed by atoms with Crippen molar-refractivity contribution in [3.05, 3.63) is 23.6 Å². The highest BCUT2D eigenvalue weighted by molar-refractivity contribution is 6.33. The van der Waals surface area contributed by atoms with E-state index in [9.17, 15) is 9.90 Å². The summed E-state index contributed by atoms with van der Waals surface area (Å²) in [5.41, 5.74) is 1.24. The van der Waals surface area contributed by atoms with Gasteiger partial charge in [-0.05, 0) is 39.2 Å². The van der Waals surface area contributed by atoms with Gasteiger partial charge in [-0.2, -0.15) is 9.97 Å². The van der Waals surface area contributed by atoms with E-state index in [0.29, 0.717) is 11.2 Å². The SMILES string of the molecule is C=C1[C@H](CO)CC[C@@H]1n1cnc2c(Cl)nc(NC(=O)OC(C)(C)C)nc21. The van der Waals surface area contributed by atoms with Crippen molar-refractivity contribution in [2.45, 2.75) is 45.3 Å². The molecule has 1 amide bonds. The normalized spacial score (nSPS) is 20.6. The Morgan fingerprint density at radius 3 is 2.81 bits per heavy atom. The van der Waals surface area contributed by atoms with Crippen LogP contribution in [0.1, 0.15) is 39.7 Å². The van der Waals surface area contributed by atoms with Gasteiger partial charge in [0.1, 0.15) is 11.1 Å². The van der Waals surface area contributed by atoms with Crippen LogP contribution in [0.25, 0.3) is 11.2 Å². The minimum absolute atomic E-state index is 0.0301. The maximum atomic E-state index is 12.0. The Morgan fingerprint density at radius 2 is 2.19 bits per heavy atom. The molecule has 0 aromatic carbocycles. The molecule has 2 aromatic rings. The minimum Gasteiger partial charge on any atom is -0.444 e. The van der Waals surface area contributed by atoms with Crippen molar-refractivity contribution < 1.29 is 14.6 Å². The van der Waals surface area contributed by atoms with Gasteiger partial charge < -0.3 is 14.4 Å². The molecule has 0 unspecified atom stereocenters. The van der Waals surface area contributed by atoms with Crippen LogP contribution in [0.2, 0.25) is 5.15 Å². The van der Waals surface area contributed by atoms with E-state index in [0.717, 1.165) is 18.4 Å². The fourth-order valence-corrected chi connectivity index (χ4v) is 3.30.